The predicted molar refractivity (Wildman–Crippen MR) is 111 cm³/mol. The number of hydrogen-bond donors (Lipinski definition) is 0. The maximum absolute atomic E-state index is 12.0. The quantitative estimate of drug-likeness (QED) is 0.663. The van der Waals surface area contributed by atoms with Crippen molar-refractivity contribution in [2.45, 2.75) is 6.10 Å². The highest BCUT2D eigenvalue weighted by Crippen LogP contribution is 2.49. The largest absolute Gasteiger partial charge is 0.496 e. The number of rotatable bonds is 4. The van der Waals surface area contributed by atoms with Crippen LogP contribution in [0.2, 0.25) is 0 Å². The molecule has 0 amide bonds. The van der Waals surface area contributed by atoms with Gasteiger partial charge < -0.3 is 9.47 Å². The van der Waals surface area contributed by atoms with Crippen molar-refractivity contribution in [1.82, 2.24) is 0 Å². The molecule has 0 saturated carbocycles. The van der Waals surface area contributed by atoms with Crippen molar-refractivity contribution in [1.29, 1.82) is 0 Å². The van der Waals surface area contributed by atoms with E-state index in [-0.39, 0.29) is 6.10 Å². The van der Waals surface area contributed by atoms with Gasteiger partial charge in [0.2, 0.25) is 10.0 Å². The fourth-order valence-corrected chi connectivity index (χ4v) is 3.99. The van der Waals surface area contributed by atoms with Crippen LogP contribution >= 0.6 is 0 Å². The first kappa shape index (κ1) is 18.4. The number of fused-ring (bicyclic) bond motifs is 3. The molecule has 3 aromatic rings. The third kappa shape index (κ3) is 3.10. The van der Waals surface area contributed by atoms with E-state index in [4.69, 9.17) is 9.47 Å². The van der Waals surface area contributed by atoms with Gasteiger partial charge in [0.15, 0.2) is 0 Å². The number of sulfonamides is 1. The molecule has 1 aliphatic rings. The third-order valence-electron chi connectivity index (χ3n) is 5.00. The Balaban J connectivity index is 1.95. The van der Waals surface area contributed by atoms with E-state index in [1.807, 2.05) is 66.7 Å². The molecule has 5 nitrogen and oxygen atoms in total. The summed E-state index contributed by atoms with van der Waals surface area (Å²) in [5, 5.41) is 0. The number of anilines is 1. The van der Waals surface area contributed by atoms with Gasteiger partial charge in [0.1, 0.15) is 17.6 Å². The second-order valence-corrected chi connectivity index (χ2v) is 8.76. The van der Waals surface area contributed by atoms with Crippen molar-refractivity contribution in [3.63, 3.8) is 0 Å². The lowest BCUT2D eigenvalue weighted by Crippen LogP contribution is -2.25. The van der Waals surface area contributed by atoms with Gasteiger partial charge in [0, 0.05) is 12.6 Å². The lowest BCUT2D eigenvalue weighted by molar-refractivity contribution is 0.242. The van der Waals surface area contributed by atoms with E-state index in [0.29, 0.717) is 5.69 Å². The summed E-state index contributed by atoms with van der Waals surface area (Å²) in [6, 6.07) is 21.2. The lowest BCUT2D eigenvalue weighted by atomic mass is 9.88. The van der Waals surface area contributed by atoms with Crippen LogP contribution in [0.3, 0.4) is 0 Å². The van der Waals surface area contributed by atoms with Gasteiger partial charge in [-0.15, -0.1) is 0 Å². The molecule has 1 unspecified atom stereocenters. The van der Waals surface area contributed by atoms with Crippen LogP contribution in [-0.4, -0.2) is 28.8 Å². The van der Waals surface area contributed by atoms with Gasteiger partial charge in [-0.25, -0.2) is 8.42 Å². The highest BCUT2D eigenvalue weighted by molar-refractivity contribution is 7.92. The van der Waals surface area contributed by atoms with Crippen LogP contribution < -0.4 is 13.8 Å². The first-order valence-corrected chi connectivity index (χ1v) is 10.7. The standard InChI is InChI=1S/C22H21NO4S/c1-23(28(3,24)25)16-12-13-17-18(14-16)22(15-8-5-4-6-9-15)27-20-11-7-10-19(26-2)21(17)20/h4-14,22H,1-3H3. The van der Waals surface area contributed by atoms with Crippen molar-refractivity contribution in [3.8, 4) is 22.6 Å². The summed E-state index contributed by atoms with van der Waals surface area (Å²) in [5.41, 5.74) is 4.33. The van der Waals surface area contributed by atoms with Crippen molar-refractivity contribution in [2.75, 3.05) is 24.7 Å². The molecule has 0 aromatic heterocycles. The Morgan fingerprint density at radius 3 is 2.43 bits per heavy atom. The van der Waals surface area contributed by atoms with Crippen LogP contribution in [0.5, 0.6) is 11.5 Å². The number of benzene rings is 3. The second-order valence-electron chi connectivity index (χ2n) is 6.74. The minimum Gasteiger partial charge on any atom is -0.496 e. The van der Waals surface area contributed by atoms with Gasteiger partial charge in [-0.2, -0.15) is 0 Å². The Morgan fingerprint density at radius 1 is 1.00 bits per heavy atom. The van der Waals surface area contributed by atoms with Gasteiger partial charge >= 0.3 is 0 Å². The normalized spacial score (nSPS) is 15.2. The first-order chi connectivity index (χ1) is 13.4. The van der Waals surface area contributed by atoms with Crippen molar-refractivity contribution in [2.24, 2.45) is 0 Å². The van der Waals surface area contributed by atoms with Crippen LogP contribution in [0, 0.1) is 0 Å². The Morgan fingerprint density at radius 2 is 1.75 bits per heavy atom. The Hall–Kier alpha value is -2.99. The molecule has 0 fully saturated rings. The number of ether oxygens (including phenoxy) is 2. The minimum absolute atomic E-state index is 0.344. The summed E-state index contributed by atoms with van der Waals surface area (Å²) in [4.78, 5) is 0. The van der Waals surface area contributed by atoms with E-state index in [1.165, 1.54) is 10.6 Å². The highest BCUT2D eigenvalue weighted by Gasteiger charge is 2.30. The van der Waals surface area contributed by atoms with E-state index in [0.717, 1.165) is 33.8 Å². The van der Waals surface area contributed by atoms with Crippen LogP contribution in [-0.2, 0) is 10.0 Å². The molecule has 0 radical (unpaired) electrons. The van der Waals surface area contributed by atoms with Gasteiger partial charge in [0.05, 0.1) is 24.6 Å². The molecule has 0 bridgehead atoms. The van der Waals surface area contributed by atoms with Crippen LogP contribution in [0.1, 0.15) is 17.2 Å². The molecule has 144 valence electrons. The maximum Gasteiger partial charge on any atom is 0.231 e. The molecular weight excluding hydrogens is 374 g/mol. The fourth-order valence-electron chi connectivity index (χ4n) is 3.49. The highest BCUT2D eigenvalue weighted by atomic mass is 32.2. The zero-order valence-electron chi connectivity index (χ0n) is 15.9. The SMILES string of the molecule is COc1cccc2c1-c1ccc(N(C)S(C)(=O)=O)cc1C(c1ccccc1)O2. The third-order valence-corrected chi connectivity index (χ3v) is 6.21. The van der Waals surface area contributed by atoms with E-state index in [1.54, 1.807) is 14.2 Å². The van der Waals surface area contributed by atoms with E-state index < -0.39 is 10.0 Å². The number of nitrogens with zero attached hydrogens (tertiary/aromatic N) is 1. The van der Waals surface area contributed by atoms with Crippen molar-refractivity contribution in [3.05, 3.63) is 77.9 Å². The Bertz CT molecular complexity index is 1130. The summed E-state index contributed by atoms with van der Waals surface area (Å²) in [6.07, 6.45) is 0.847. The lowest BCUT2D eigenvalue weighted by Gasteiger charge is -2.31. The minimum atomic E-state index is -3.37. The summed E-state index contributed by atoms with van der Waals surface area (Å²) in [5.74, 6) is 1.46. The molecule has 4 rings (SSSR count). The maximum atomic E-state index is 12.0. The first-order valence-electron chi connectivity index (χ1n) is 8.87. The number of methoxy groups -OCH3 is 1. The smallest absolute Gasteiger partial charge is 0.231 e. The molecule has 28 heavy (non-hydrogen) atoms. The summed E-state index contributed by atoms with van der Waals surface area (Å²) in [6.45, 7) is 0. The second kappa shape index (κ2) is 6.87. The summed E-state index contributed by atoms with van der Waals surface area (Å²) < 4.78 is 37.2. The van der Waals surface area contributed by atoms with Crippen LogP contribution in [0.25, 0.3) is 11.1 Å². The molecule has 1 atom stereocenters. The molecular formula is C22H21NO4S. The summed E-state index contributed by atoms with van der Waals surface area (Å²) >= 11 is 0. The fraction of sp³-hybridized carbons (Fsp3) is 0.182. The van der Waals surface area contributed by atoms with Gasteiger partial charge in [-0.05, 0) is 35.4 Å². The molecule has 0 aliphatic carbocycles. The summed E-state index contributed by atoms with van der Waals surface area (Å²) in [7, 11) is -0.192. The number of hydrogen-bond acceptors (Lipinski definition) is 4. The molecule has 0 N–H and O–H groups in total. The topological polar surface area (TPSA) is 55.8 Å². The average Bonchev–Trinajstić information content (AvgIpc) is 2.71. The molecule has 0 spiro atoms. The van der Waals surface area contributed by atoms with Crippen LogP contribution in [0.15, 0.2) is 66.7 Å². The zero-order chi connectivity index (χ0) is 19.9. The Labute approximate surface area is 165 Å². The molecule has 6 heteroatoms. The Kier molecular flexibility index (Phi) is 4.51. The van der Waals surface area contributed by atoms with Gasteiger partial charge in [0.25, 0.3) is 0 Å². The molecule has 1 heterocycles. The van der Waals surface area contributed by atoms with Gasteiger partial charge in [-0.3, -0.25) is 4.31 Å². The van der Waals surface area contributed by atoms with Gasteiger partial charge in [-0.1, -0.05) is 42.5 Å². The molecule has 0 saturated heterocycles. The van der Waals surface area contributed by atoms with Crippen molar-refractivity contribution < 1.29 is 17.9 Å². The van der Waals surface area contributed by atoms with E-state index in [9.17, 15) is 8.42 Å². The zero-order valence-corrected chi connectivity index (χ0v) is 16.7. The molecule has 1 aliphatic heterocycles. The predicted octanol–water partition coefficient (Wildman–Crippen LogP) is 4.24. The van der Waals surface area contributed by atoms with E-state index >= 15 is 0 Å². The van der Waals surface area contributed by atoms with Crippen molar-refractivity contribution >= 4 is 15.7 Å². The average molecular weight is 395 g/mol. The monoisotopic (exact) mass is 395 g/mol. The van der Waals surface area contributed by atoms with Crippen LogP contribution in [0.4, 0.5) is 5.69 Å². The van der Waals surface area contributed by atoms with E-state index in [2.05, 4.69) is 0 Å². The molecule has 3 aromatic carbocycles.